The van der Waals surface area contributed by atoms with E-state index in [0.717, 1.165) is 0 Å². The fourth-order valence-corrected chi connectivity index (χ4v) is 2.14. The first-order valence-corrected chi connectivity index (χ1v) is 7.12. The third-order valence-electron chi connectivity index (χ3n) is 1.80. The Morgan fingerprint density at radius 3 is 2.63 bits per heavy atom. The van der Waals surface area contributed by atoms with Crippen molar-refractivity contribution in [1.82, 2.24) is 4.72 Å². The molecular formula is C10H14ClN3O4S. The number of halogens is 1. The Morgan fingerprint density at radius 1 is 1.42 bits per heavy atom. The number of ether oxygens (including phenoxy) is 1. The molecule has 0 aromatic heterocycles. The number of hydrogen-bond acceptors (Lipinski definition) is 5. The molecule has 4 N–H and O–H groups in total. The third kappa shape index (κ3) is 5.23. The second kappa shape index (κ2) is 5.98. The quantitative estimate of drug-likeness (QED) is 0.733. The van der Waals surface area contributed by atoms with Crippen LogP contribution in [0.4, 0.5) is 16.2 Å². The number of rotatable bonds is 4. The van der Waals surface area contributed by atoms with Crippen LogP contribution in [0.2, 0.25) is 5.02 Å². The zero-order chi connectivity index (χ0) is 14.6. The van der Waals surface area contributed by atoms with Gasteiger partial charge in [0.2, 0.25) is 0 Å². The first-order chi connectivity index (χ1) is 8.69. The number of nitrogens with one attached hydrogen (secondary N) is 2. The van der Waals surface area contributed by atoms with Crippen molar-refractivity contribution in [1.29, 1.82) is 0 Å². The summed E-state index contributed by atoms with van der Waals surface area (Å²) in [5.41, 5.74) is 5.90. The van der Waals surface area contributed by atoms with Gasteiger partial charge >= 0.3 is 16.3 Å². The van der Waals surface area contributed by atoms with Crippen molar-refractivity contribution >= 4 is 39.3 Å². The number of benzene rings is 1. The minimum absolute atomic E-state index is 0.0616. The number of amides is 1. The molecule has 0 unspecified atom stereocenters. The van der Waals surface area contributed by atoms with E-state index in [9.17, 15) is 13.2 Å². The molecule has 0 radical (unpaired) electrons. The SMILES string of the molecule is CC(C)OC(=O)NS(=O)(=O)Nc1cc(N)ccc1Cl. The van der Waals surface area contributed by atoms with Crippen molar-refractivity contribution in [3.8, 4) is 0 Å². The summed E-state index contributed by atoms with van der Waals surface area (Å²) < 4.78 is 31.7. The molecule has 0 aliphatic rings. The molecule has 0 aliphatic heterocycles. The highest BCUT2D eigenvalue weighted by Gasteiger charge is 2.17. The van der Waals surface area contributed by atoms with Gasteiger partial charge in [-0.3, -0.25) is 4.72 Å². The van der Waals surface area contributed by atoms with Gasteiger partial charge in [-0.1, -0.05) is 11.6 Å². The predicted molar refractivity (Wildman–Crippen MR) is 73.2 cm³/mol. The summed E-state index contributed by atoms with van der Waals surface area (Å²) in [4.78, 5) is 11.2. The molecule has 9 heteroatoms. The predicted octanol–water partition coefficient (Wildman–Crippen LogP) is 1.71. The van der Waals surface area contributed by atoms with E-state index in [0.29, 0.717) is 5.69 Å². The molecule has 0 fully saturated rings. The van der Waals surface area contributed by atoms with Crippen LogP contribution in [0.1, 0.15) is 13.8 Å². The molecule has 1 rings (SSSR count). The van der Waals surface area contributed by atoms with Crippen molar-refractivity contribution in [2.75, 3.05) is 10.5 Å². The van der Waals surface area contributed by atoms with E-state index in [-0.39, 0.29) is 10.7 Å². The molecule has 0 heterocycles. The smallest absolute Gasteiger partial charge is 0.422 e. The lowest BCUT2D eigenvalue weighted by molar-refractivity contribution is 0.121. The summed E-state index contributed by atoms with van der Waals surface area (Å²) in [7, 11) is -4.13. The fourth-order valence-electron chi connectivity index (χ4n) is 1.14. The molecule has 0 spiro atoms. The highest BCUT2D eigenvalue weighted by Crippen LogP contribution is 2.24. The van der Waals surface area contributed by atoms with Gasteiger partial charge in [0.1, 0.15) is 0 Å². The highest BCUT2D eigenvalue weighted by molar-refractivity contribution is 7.91. The summed E-state index contributed by atoms with van der Waals surface area (Å²) in [5, 5.41) is 0.150. The molecule has 1 amide bonds. The van der Waals surface area contributed by atoms with Crippen LogP contribution in [0.25, 0.3) is 0 Å². The highest BCUT2D eigenvalue weighted by atomic mass is 35.5. The number of hydrogen-bond donors (Lipinski definition) is 3. The average molecular weight is 308 g/mol. The van der Waals surface area contributed by atoms with Gasteiger partial charge in [0.05, 0.1) is 16.8 Å². The number of anilines is 2. The minimum atomic E-state index is -4.13. The molecule has 1 aromatic rings. The summed E-state index contributed by atoms with van der Waals surface area (Å²) in [6.07, 6.45) is -1.52. The largest absolute Gasteiger partial charge is 0.446 e. The van der Waals surface area contributed by atoms with Crippen molar-refractivity contribution in [2.24, 2.45) is 0 Å². The number of carbonyl (C=O) groups excluding carboxylic acids is 1. The molecule has 19 heavy (non-hydrogen) atoms. The zero-order valence-corrected chi connectivity index (χ0v) is 11.9. The summed E-state index contributed by atoms with van der Waals surface area (Å²) in [5.74, 6) is 0. The van der Waals surface area contributed by atoms with Gasteiger partial charge in [0.15, 0.2) is 0 Å². The third-order valence-corrected chi connectivity index (χ3v) is 3.05. The Labute approximate surface area is 116 Å². The summed E-state index contributed by atoms with van der Waals surface area (Å²) in [6.45, 7) is 3.18. The van der Waals surface area contributed by atoms with Crippen molar-refractivity contribution in [3.63, 3.8) is 0 Å². The number of nitrogens with two attached hydrogens (primary N) is 1. The Kier molecular flexibility index (Phi) is 4.84. The zero-order valence-electron chi connectivity index (χ0n) is 10.3. The maximum atomic E-state index is 11.6. The van der Waals surface area contributed by atoms with E-state index < -0.39 is 22.4 Å². The van der Waals surface area contributed by atoms with Gasteiger partial charge in [-0.25, -0.2) is 9.52 Å². The molecule has 0 saturated carbocycles. The molecule has 0 saturated heterocycles. The van der Waals surface area contributed by atoms with E-state index in [4.69, 9.17) is 17.3 Å². The van der Waals surface area contributed by atoms with E-state index >= 15 is 0 Å². The maximum Gasteiger partial charge on any atom is 0.422 e. The van der Waals surface area contributed by atoms with Gasteiger partial charge in [-0.15, -0.1) is 0 Å². The number of nitrogen functional groups attached to an aromatic ring is 1. The fraction of sp³-hybridized carbons (Fsp3) is 0.300. The lowest BCUT2D eigenvalue weighted by atomic mass is 10.3. The van der Waals surface area contributed by atoms with Gasteiger partial charge < -0.3 is 10.5 Å². The second-order valence-corrected chi connectivity index (χ2v) is 5.72. The van der Waals surface area contributed by atoms with Gasteiger partial charge in [0, 0.05) is 5.69 Å². The topological polar surface area (TPSA) is 111 Å². The molecule has 1 aromatic carbocycles. The number of carbonyl (C=O) groups is 1. The van der Waals surface area contributed by atoms with Crippen molar-refractivity contribution in [2.45, 2.75) is 20.0 Å². The van der Waals surface area contributed by atoms with Crippen LogP contribution >= 0.6 is 11.6 Å². The van der Waals surface area contributed by atoms with Gasteiger partial charge in [-0.05, 0) is 32.0 Å². The van der Waals surface area contributed by atoms with Crippen LogP contribution in [-0.2, 0) is 14.9 Å². The van der Waals surface area contributed by atoms with Crippen LogP contribution in [0, 0.1) is 0 Å². The Morgan fingerprint density at radius 2 is 2.05 bits per heavy atom. The van der Waals surface area contributed by atoms with Crippen LogP contribution in [0.3, 0.4) is 0 Å². The molecular weight excluding hydrogens is 294 g/mol. The molecule has 7 nitrogen and oxygen atoms in total. The maximum absolute atomic E-state index is 11.6. The van der Waals surface area contributed by atoms with Gasteiger partial charge in [0.25, 0.3) is 0 Å². The standard InChI is InChI=1S/C10H14ClN3O4S/c1-6(2)18-10(15)14-19(16,17)13-9-5-7(12)3-4-8(9)11/h3-6,13H,12H2,1-2H3,(H,14,15). The minimum Gasteiger partial charge on any atom is -0.446 e. The Hall–Kier alpha value is -1.67. The second-order valence-electron chi connectivity index (χ2n) is 3.90. The van der Waals surface area contributed by atoms with E-state index in [1.165, 1.54) is 18.2 Å². The molecule has 0 bridgehead atoms. The summed E-state index contributed by atoms with van der Waals surface area (Å²) >= 11 is 5.80. The van der Waals surface area contributed by atoms with E-state index in [2.05, 4.69) is 9.46 Å². The normalized spacial score (nSPS) is 11.2. The monoisotopic (exact) mass is 307 g/mol. The van der Waals surface area contributed by atoms with Crippen molar-refractivity contribution in [3.05, 3.63) is 23.2 Å². The van der Waals surface area contributed by atoms with E-state index in [1.807, 2.05) is 0 Å². The van der Waals surface area contributed by atoms with Crippen molar-refractivity contribution < 1.29 is 17.9 Å². The van der Waals surface area contributed by atoms with E-state index in [1.54, 1.807) is 18.6 Å². The lowest BCUT2D eigenvalue weighted by Gasteiger charge is -2.12. The summed E-state index contributed by atoms with van der Waals surface area (Å²) in [6, 6.07) is 4.27. The van der Waals surface area contributed by atoms with Gasteiger partial charge in [-0.2, -0.15) is 8.42 Å². The molecule has 0 aliphatic carbocycles. The first kappa shape index (κ1) is 15.4. The van der Waals surface area contributed by atoms with Crippen LogP contribution in [-0.4, -0.2) is 20.6 Å². The van der Waals surface area contributed by atoms with Crippen LogP contribution < -0.4 is 15.2 Å². The first-order valence-electron chi connectivity index (χ1n) is 5.26. The molecule has 0 atom stereocenters. The average Bonchev–Trinajstić information content (AvgIpc) is 2.20. The van der Waals surface area contributed by atoms with Crippen LogP contribution in [0.5, 0.6) is 0 Å². The van der Waals surface area contributed by atoms with Crippen LogP contribution in [0.15, 0.2) is 18.2 Å². The molecule has 106 valence electrons. The Balaban J connectivity index is 2.80. The Bertz CT molecular complexity index is 574. The lowest BCUT2D eigenvalue weighted by Crippen LogP contribution is -2.36.